The van der Waals surface area contributed by atoms with Crippen LogP contribution in [0.15, 0.2) is 42.7 Å². The summed E-state index contributed by atoms with van der Waals surface area (Å²) in [4.78, 5) is 17.5. The smallest absolute Gasteiger partial charge is 0.314 e. The summed E-state index contributed by atoms with van der Waals surface area (Å²) in [5, 5.41) is 1.95. The maximum Gasteiger partial charge on any atom is 0.314 e. The van der Waals surface area contributed by atoms with Gasteiger partial charge in [-0.1, -0.05) is 11.6 Å². The molecule has 1 aliphatic heterocycles. The summed E-state index contributed by atoms with van der Waals surface area (Å²) < 4.78 is 2.24. The summed E-state index contributed by atoms with van der Waals surface area (Å²) in [7, 11) is 0. The lowest BCUT2D eigenvalue weighted by Gasteiger charge is -2.31. The average molecular weight is 369 g/mol. The Balaban J connectivity index is 1.80. The van der Waals surface area contributed by atoms with Crippen LogP contribution in [0.3, 0.4) is 0 Å². The van der Waals surface area contributed by atoms with Crippen LogP contribution in [0.4, 0.5) is 4.79 Å². The Labute approximate surface area is 157 Å². The number of hydrogen-bond acceptors (Lipinski definition) is 2. The van der Waals surface area contributed by atoms with Crippen molar-refractivity contribution < 1.29 is 4.79 Å². The SMILES string of the molecule is Cc1c(C2CCN(C(N)=O)CC2)c2ccncc2n1-c1ccc(Cl)cc1. The van der Waals surface area contributed by atoms with Gasteiger partial charge in [0.2, 0.25) is 0 Å². The zero-order valence-electron chi connectivity index (χ0n) is 14.7. The first-order chi connectivity index (χ1) is 12.6. The first kappa shape index (κ1) is 16.9. The molecule has 3 heterocycles. The van der Waals surface area contributed by atoms with Gasteiger partial charge in [0, 0.05) is 41.1 Å². The second-order valence-corrected chi connectivity index (χ2v) is 7.24. The number of carbonyl (C=O) groups excluding carboxylic acids is 1. The molecule has 2 N–H and O–H groups in total. The van der Waals surface area contributed by atoms with Crippen LogP contribution in [0.2, 0.25) is 5.02 Å². The van der Waals surface area contributed by atoms with E-state index in [-0.39, 0.29) is 6.03 Å². The van der Waals surface area contributed by atoms with Crippen LogP contribution < -0.4 is 5.73 Å². The number of piperidine rings is 1. The molecule has 0 spiro atoms. The Morgan fingerprint density at radius 3 is 2.54 bits per heavy atom. The third-order valence-electron chi connectivity index (χ3n) is 5.36. The zero-order chi connectivity index (χ0) is 18.3. The third-order valence-corrected chi connectivity index (χ3v) is 5.61. The van der Waals surface area contributed by atoms with Crippen molar-refractivity contribution in [1.82, 2.24) is 14.5 Å². The highest BCUT2D eigenvalue weighted by atomic mass is 35.5. The second-order valence-electron chi connectivity index (χ2n) is 6.80. The molecule has 0 aliphatic carbocycles. The minimum absolute atomic E-state index is 0.326. The van der Waals surface area contributed by atoms with Crippen molar-refractivity contribution in [1.29, 1.82) is 0 Å². The monoisotopic (exact) mass is 368 g/mol. The molecule has 134 valence electrons. The highest BCUT2D eigenvalue weighted by molar-refractivity contribution is 6.30. The molecule has 3 aromatic rings. The van der Waals surface area contributed by atoms with Gasteiger partial charge >= 0.3 is 6.03 Å². The lowest BCUT2D eigenvalue weighted by atomic mass is 9.88. The van der Waals surface area contributed by atoms with Crippen molar-refractivity contribution in [2.75, 3.05) is 13.1 Å². The molecule has 6 heteroatoms. The molecule has 1 fully saturated rings. The van der Waals surface area contributed by atoms with E-state index in [1.165, 1.54) is 16.6 Å². The van der Waals surface area contributed by atoms with Crippen LogP contribution in [0.5, 0.6) is 0 Å². The molecule has 2 aromatic heterocycles. The number of likely N-dealkylation sites (tertiary alicyclic amines) is 1. The van der Waals surface area contributed by atoms with Crippen LogP contribution in [0.1, 0.15) is 30.0 Å². The number of aromatic nitrogens is 2. The fourth-order valence-electron chi connectivity index (χ4n) is 4.11. The standard InChI is InChI=1S/C20H21ClN4O/c1-13-19(14-7-10-24(11-8-14)20(22)26)17-6-9-23-12-18(17)25(13)16-4-2-15(21)3-5-16/h2-6,9,12,14H,7-8,10-11H2,1H3,(H2,22,26). The number of amides is 2. The fourth-order valence-corrected chi connectivity index (χ4v) is 4.24. The molecule has 0 unspecified atom stereocenters. The van der Waals surface area contributed by atoms with E-state index in [0.717, 1.165) is 29.1 Å². The van der Waals surface area contributed by atoms with E-state index in [1.807, 2.05) is 36.7 Å². The number of nitrogens with two attached hydrogens (primary N) is 1. The molecule has 0 atom stereocenters. The number of rotatable bonds is 2. The maximum atomic E-state index is 11.4. The molecule has 1 aromatic carbocycles. The summed E-state index contributed by atoms with van der Waals surface area (Å²) in [6, 6.07) is 9.63. The zero-order valence-corrected chi connectivity index (χ0v) is 15.4. The molecule has 0 saturated carbocycles. The van der Waals surface area contributed by atoms with Gasteiger partial charge in [-0.3, -0.25) is 4.98 Å². The number of fused-ring (bicyclic) bond motifs is 1. The second kappa shape index (κ2) is 6.65. The number of nitrogens with zero attached hydrogens (tertiary/aromatic N) is 3. The topological polar surface area (TPSA) is 64.2 Å². The fraction of sp³-hybridized carbons (Fsp3) is 0.300. The van der Waals surface area contributed by atoms with Crippen molar-refractivity contribution in [3.05, 3.63) is 59.0 Å². The van der Waals surface area contributed by atoms with Crippen LogP contribution in [0, 0.1) is 6.92 Å². The predicted octanol–water partition coefficient (Wildman–Crippen LogP) is 4.25. The molecule has 1 saturated heterocycles. The molecule has 0 bridgehead atoms. The van der Waals surface area contributed by atoms with Crippen molar-refractivity contribution in [3.63, 3.8) is 0 Å². The van der Waals surface area contributed by atoms with Gasteiger partial charge in [-0.25, -0.2) is 4.79 Å². The van der Waals surface area contributed by atoms with Crippen LogP contribution >= 0.6 is 11.6 Å². The van der Waals surface area contributed by atoms with Gasteiger partial charge in [0.25, 0.3) is 0 Å². The number of pyridine rings is 1. The Morgan fingerprint density at radius 2 is 1.88 bits per heavy atom. The van der Waals surface area contributed by atoms with E-state index in [2.05, 4.69) is 22.5 Å². The van der Waals surface area contributed by atoms with Gasteiger partial charge in [0.1, 0.15) is 0 Å². The van der Waals surface area contributed by atoms with E-state index >= 15 is 0 Å². The number of benzene rings is 1. The lowest BCUT2D eigenvalue weighted by molar-refractivity contribution is 0.190. The largest absolute Gasteiger partial charge is 0.351 e. The van der Waals surface area contributed by atoms with E-state index in [1.54, 1.807) is 4.90 Å². The van der Waals surface area contributed by atoms with E-state index in [4.69, 9.17) is 17.3 Å². The quantitative estimate of drug-likeness (QED) is 0.735. The highest BCUT2D eigenvalue weighted by Gasteiger charge is 2.27. The lowest BCUT2D eigenvalue weighted by Crippen LogP contribution is -2.41. The normalized spacial score (nSPS) is 15.5. The van der Waals surface area contributed by atoms with Gasteiger partial charge < -0.3 is 15.2 Å². The summed E-state index contributed by atoms with van der Waals surface area (Å²) in [5.74, 6) is 0.407. The van der Waals surface area contributed by atoms with Gasteiger partial charge in [-0.2, -0.15) is 0 Å². The molecular formula is C20H21ClN4O. The first-order valence-electron chi connectivity index (χ1n) is 8.81. The third kappa shape index (κ3) is 2.82. The van der Waals surface area contributed by atoms with Gasteiger partial charge in [0.15, 0.2) is 0 Å². The van der Waals surface area contributed by atoms with E-state index < -0.39 is 0 Å². The van der Waals surface area contributed by atoms with Crippen LogP contribution in [-0.2, 0) is 0 Å². The molecule has 4 rings (SSSR count). The Morgan fingerprint density at radius 1 is 1.19 bits per heavy atom. The number of carbonyl (C=O) groups is 1. The van der Waals surface area contributed by atoms with E-state index in [9.17, 15) is 4.79 Å². The number of hydrogen-bond donors (Lipinski definition) is 1. The Hall–Kier alpha value is -2.53. The molecule has 1 aliphatic rings. The van der Waals surface area contributed by atoms with Crippen molar-refractivity contribution in [2.24, 2.45) is 5.73 Å². The highest BCUT2D eigenvalue weighted by Crippen LogP contribution is 2.38. The molecule has 2 amide bonds. The maximum absolute atomic E-state index is 11.4. The average Bonchev–Trinajstić information content (AvgIpc) is 2.94. The molecule has 5 nitrogen and oxygen atoms in total. The summed E-state index contributed by atoms with van der Waals surface area (Å²) in [6.45, 7) is 3.57. The summed E-state index contributed by atoms with van der Waals surface area (Å²) >= 11 is 6.06. The van der Waals surface area contributed by atoms with Crippen molar-refractivity contribution >= 4 is 28.5 Å². The first-order valence-corrected chi connectivity index (χ1v) is 9.19. The number of primary amides is 1. The van der Waals surface area contributed by atoms with Gasteiger partial charge in [-0.15, -0.1) is 0 Å². The number of urea groups is 1. The van der Waals surface area contributed by atoms with Gasteiger partial charge in [-0.05, 0) is 61.6 Å². The van der Waals surface area contributed by atoms with Crippen molar-refractivity contribution in [3.8, 4) is 5.69 Å². The van der Waals surface area contributed by atoms with E-state index in [0.29, 0.717) is 19.0 Å². The Kier molecular flexibility index (Phi) is 4.32. The predicted molar refractivity (Wildman–Crippen MR) is 104 cm³/mol. The minimum atomic E-state index is -0.326. The van der Waals surface area contributed by atoms with Crippen molar-refractivity contribution in [2.45, 2.75) is 25.7 Å². The summed E-state index contributed by atoms with van der Waals surface area (Å²) in [5.41, 5.74) is 10.2. The number of halogens is 1. The van der Waals surface area contributed by atoms with Gasteiger partial charge in [0.05, 0.1) is 11.7 Å². The molecule has 0 radical (unpaired) electrons. The summed E-state index contributed by atoms with van der Waals surface area (Å²) in [6.07, 6.45) is 5.60. The van der Waals surface area contributed by atoms with Crippen LogP contribution in [0.25, 0.3) is 16.6 Å². The Bertz CT molecular complexity index is 956. The molecular weight excluding hydrogens is 348 g/mol. The van der Waals surface area contributed by atoms with Crippen LogP contribution in [-0.4, -0.2) is 33.6 Å². The minimum Gasteiger partial charge on any atom is -0.351 e. The molecule has 26 heavy (non-hydrogen) atoms.